The molecule has 1 aromatic carbocycles. The summed E-state index contributed by atoms with van der Waals surface area (Å²) >= 11 is 0. The van der Waals surface area contributed by atoms with Crippen LogP contribution in [-0.2, 0) is 11.2 Å². The van der Waals surface area contributed by atoms with E-state index in [0.29, 0.717) is 30.0 Å². The maximum Gasteiger partial charge on any atom is 0.257 e. The summed E-state index contributed by atoms with van der Waals surface area (Å²) in [6.07, 6.45) is 7.39. The summed E-state index contributed by atoms with van der Waals surface area (Å²) in [6, 6.07) is 6.30. The Balaban J connectivity index is 1.38. The van der Waals surface area contributed by atoms with E-state index < -0.39 is 0 Å². The SMILES string of the molecule is Cc1nc([C@@H]2CCCN2C(=O)CCCc2ccc(F)cc2)ncc1C(=O)N1CCCC1. The molecule has 7 heteroatoms. The molecular formula is C24H29FN4O2. The van der Waals surface area contributed by atoms with Gasteiger partial charge in [-0.2, -0.15) is 0 Å². The van der Waals surface area contributed by atoms with Crippen LogP contribution >= 0.6 is 0 Å². The van der Waals surface area contributed by atoms with Crippen LogP contribution in [0.25, 0.3) is 0 Å². The molecule has 4 rings (SSSR count). The molecule has 3 heterocycles. The molecule has 2 aliphatic rings. The van der Waals surface area contributed by atoms with Gasteiger partial charge in [0.25, 0.3) is 5.91 Å². The van der Waals surface area contributed by atoms with Gasteiger partial charge in [0, 0.05) is 32.3 Å². The van der Waals surface area contributed by atoms with Crippen molar-refractivity contribution in [3.63, 3.8) is 0 Å². The van der Waals surface area contributed by atoms with Gasteiger partial charge in [-0.3, -0.25) is 9.59 Å². The first-order chi connectivity index (χ1) is 15.0. The summed E-state index contributed by atoms with van der Waals surface area (Å²) in [7, 11) is 0. The van der Waals surface area contributed by atoms with Crippen LogP contribution < -0.4 is 0 Å². The van der Waals surface area contributed by atoms with Crippen molar-refractivity contribution in [3.05, 3.63) is 58.9 Å². The predicted octanol–water partition coefficient (Wildman–Crippen LogP) is 3.85. The summed E-state index contributed by atoms with van der Waals surface area (Å²) in [5.41, 5.74) is 2.27. The quantitative estimate of drug-likeness (QED) is 0.707. The van der Waals surface area contributed by atoms with Crippen LogP contribution in [0.3, 0.4) is 0 Å². The third kappa shape index (κ3) is 4.92. The van der Waals surface area contributed by atoms with Crippen molar-refractivity contribution < 1.29 is 14.0 Å². The average Bonchev–Trinajstić information content (AvgIpc) is 3.47. The highest BCUT2D eigenvalue weighted by molar-refractivity contribution is 5.95. The highest BCUT2D eigenvalue weighted by Gasteiger charge is 2.32. The molecule has 2 aliphatic heterocycles. The molecule has 6 nitrogen and oxygen atoms in total. The number of carbonyl (C=O) groups excluding carboxylic acids is 2. The Hall–Kier alpha value is -2.83. The second-order valence-corrected chi connectivity index (χ2v) is 8.45. The third-order valence-corrected chi connectivity index (χ3v) is 6.26. The van der Waals surface area contributed by atoms with E-state index in [9.17, 15) is 14.0 Å². The highest BCUT2D eigenvalue weighted by Crippen LogP contribution is 2.31. The summed E-state index contributed by atoms with van der Waals surface area (Å²) in [4.78, 5) is 38.4. The molecule has 0 radical (unpaired) electrons. The number of hydrogen-bond acceptors (Lipinski definition) is 4. The van der Waals surface area contributed by atoms with Crippen LogP contribution in [0.15, 0.2) is 30.5 Å². The van der Waals surface area contributed by atoms with Gasteiger partial charge in [0.15, 0.2) is 5.82 Å². The molecule has 2 aromatic rings. The maximum absolute atomic E-state index is 13.0. The van der Waals surface area contributed by atoms with E-state index in [2.05, 4.69) is 9.97 Å². The van der Waals surface area contributed by atoms with E-state index >= 15 is 0 Å². The first kappa shape index (κ1) is 21.4. The number of rotatable bonds is 6. The first-order valence-electron chi connectivity index (χ1n) is 11.2. The fourth-order valence-corrected chi connectivity index (χ4v) is 4.52. The molecule has 0 spiro atoms. The molecular weight excluding hydrogens is 395 g/mol. The largest absolute Gasteiger partial charge is 0.339 e. The van der Waals surface area contributed by atoms with Crippen molar-refractivity contribution >= 4 is 11.8 Å². The lowest BCUT2D eigenvalue weighted by molar-refractivity contribution is -0.132. The monoisotopic (exact) mass is 424 g/mol. The van der Waals surface area contributed by atoms with E-state index in [0.717, 1.165) is 57.2 Å². The molecule has 31 heavy (non-hydrogen) atoms. The Morgan fingerprint density at radius 1 is 1.10 bits per heavy atom. The fourth-order valence-electron chi connectivity index (χ4n) is 4.52. The highest BCUT2D eigenvalue weighted by atomic mass is 19.1. The van der Waals surface area contributed by atoms with E-state index in [4.69, 9.17) is 0 Å². The van der Waals surface area contributed by atoms with Crippen LogP contribution in [0.5, 0.6) is 0 Å². The summed E-state index contributed by atoms with van der Waals surface area (Å²) in [6.45, 7) is 4.14. The number of amides is 2. The number of aryl methyl sites for hydroxylation is 2. The van der Waals surface area contributed by atoms with Gasteiger partial charge in [-0.15, -0.1) is 0 Å². The summed E-state index contributed by atoms with van der Waals surface area (Å²) in [5, 5.41) is 0. The second-order valence-electron chi connectivity index (χ2n) is 8.45. The normalized spacial score (nSPS) is 18.6. The Bertz CT molecular complexity index is 941. The number of benzene rings is 1. The van der Waals surface area contributed by atoms with E-state index in [1.165, 1.54) is 12.1 Å². The molecule has 1 aromatic heterocycles. The van der Waals surface area contributed by atoms with Gasteiger partial charge in [-0.1, -0.05) is 12.1 Å². The van der Waals surface area contributed by atoms with Crippen molar-refractivity contribution in [2.24, 2.45) is 0 Å². The molecule has 0 aliphatic carbocycles. The zero-order valence-electron chi connectivity index (χ0n) is 18.0. The van der Waals surface area contributed by atoms with Crippen molar-refractivity contribution in [3.8, 4) is 0 Å². The Labute approximate surface area is 182 Å². The van der Waals surface area contributed by atoms with E-state index in [1.807, 2.05) is 16.7 Å². The number of likely N-dealkylation sites (tertiary alicyclic amines) is 2. The van der Waals surface area contributed by atoms with Gasteiger partial charge in [-0.05, 0) is 63.1 Å². The predicted molar refractivity (Wildman–Crippen MR) is 115 cm³/mol. The number of halogens is 1. The minimum Gasteiger partial charge on any atom is -0.339 e. The van der Waals surface area contributed by atoms with Crippen molar-refractivity contribution in [1.82, 2.24) is 19.8 Å². The Morgan fingerprint density at radius 3 is 2.55 bits per heavy atom. The molecule has 164 valence electrons. The van der Waals surface area contributed by atoms with Crippen LogP contribution in [0, 0.1) is 12.7 Å². The lowest BCUT2D eigenvalue weighted by Gasteiger charge is -2.24. The van der Waals surface area contributed by atoms with Gasteiger partial charge in [0.1, 0.15) is 5.82 Å². The first-order valence-corrected chi connectivity index (χ1v) is 11.2. The summed E-state index contributed by atoms with van der Waals surface area (Å²) < 4.78 is 13.0. The lowest BCUT2D eigenvalue weighted by Crippen LogP contribution is -2.32. The average molecular weight is 425 g/mol. The lowest BCUT2D eigenvalue weighted by atomic mass is 10.1. The summed E-state index contributed by atoms with van der Waals surface area (Å²) in [5.74, 6) is 0.479. The fraction of sp³-hybridized carbons (Fsp3) is 0.500. The van der Waals surface area contributed by atoms with Crippen molar-refractivity contribution in [1.29, 1.82) is 0 Å². The van der Waals surface area contributed by atoms with Crippen molar-refractivity contribution in [2.45, 2.75) is 57.9 Å². The minimum absolute atomic E-state index is 0.00157. The number of aromatic nitrogens is 2. The molecule has 0 saturated carbocycles. The zero-order valence-corrected chi connectivity index (χ0v) is 18.0. The maximum atomic E-state index is 13.0. The smallest absolute Gasteiger partial charge is 0.257 e. The van der Waals surface area contributed by atoms with Gasteiger partial charge in [-0.25, -0.2) is 14.4 Å². The topological polar surface area (TPSA) is 66.4 Å². The molecule has 2 amide bonds. The Kier molecular flexibility index (Phi) is 6.59. The number of carbonyl (C=O) groups is 2. The minimum atomic E-state index is -0.247. The second kappa shape index (κ2) is 9.54. The number of hydrogen-bond donors (Lipinski definition) is 0. The van der Waals surface area contributed by atoms with Gasteiger partial charge >= 0.3 is 0 Å². The molecule has 0 unspecified atom stereocenters. The molecule has 1 atom stereocenters. The van der Waals surface area contributed by atoms with Gasteiger partial charge < -0.3 is 9.80 Å². The van der Waals surface area contributed by atoms with Crippen LogP contribution in [0.4, 0.5) is 4.39 Å². The Morgan fingerprint density at radius 2 is 1.84 bits per heavy atom. The van der Waals surface area contributed by atoms with E-state index in [-0.39, 0.29) is 23.7 Å². The standard InChI is InChI=1S/C24H29FN4O2/c1-17-20(24(31)28-13-2-3-14-28)16-26-23(27-17)21-7-5-15-29(21)22(30)8-4-6-18-9-11-19(25)12-10-18/h9-12,16,21H,2-8,13-15H2,1H3/t21-/m0/s1. The van der Waals surface area contributed by atoms with Gasteiger partial charge in [0.2, 0.25) is 5.91 Å². The van der Waals surface area contributed by atoms with Crippen LogP contribution in [-0.4, -0.2) is 51.2 Å². The van der Waals surface area contributed by atoms with E-state index in [1.54, 1.807) is 18.3 Å². The van der Waals surface area contributed by atoms with Crippen LogP contribution in [0.1, 0.15) is 72.0 Å². The number of nitrogens with zero attached hydrogens (tertiary/aromatic N) is 4. The molecule has 2 fully saturated rings. The zero-order chi connectivity index (χ0) is 21.8. The third-order valence-electron chi connectivity index (χ3n) is 6.26. The molecule has 0 N–H and O–H groups in total. The molecule has 0 bridgehead atoms. The van der Waals surface area contributed by atoms with Crippen LogP contribution in [0.2, 0.25) is 0 Å². The molecule has 2 saturated heterocycles. The van der Waals surface area contributed by atoms with Gasteiger partial charge in [0.05, 0.1) is 17.3 Å². The van der Waals surface area contributed by atoms with Crippen molar-refractivity contribution in [2.75, 3.05) is 19.6 Å².